The van der Waals surface area contributed by atoms with Gasteiger partial charge in [0.25, 0.3) is 11.9 Å². The molecule has 0 saturated heterocycles. The lowest BCUT2D eigenvalue weighted by atomic mass is 10.1. The highest BCUT2D eigenvalue weighted by atomic mass is 35.5. The Morgan fingerprint density at radius 1 is 1.21 bits per heavy atom. The molecule has 9 heteroatoms. The summed E-state index contributed by atoms with van der Waals surface area (Å²) < 4.78 is 7.24. The number of benzene rings is 2. The molecule has 4 rings (SSSR count). The molecule has 0 bridgehead atoms. The monoisotopic (exact) mass is 446 g/mol. The van der Waals surface area contributed by atoms with E-state index < -0.39 is 0 Å². The number of ether oxygens (including phenoxy) is 1. The molecule has 0 fully saturated rings. The van der Waals surface area contributed by atoms with Crippen molar-refractivity contribution in [2.45, 2.75) is 13.8 Å². The number of amides is 1. The molecule has 4 aromatic rings. The average Bonchev–Trinajstić information content (AvgIpc) is 3.21. The van der Waals surface area contributed by atoms with Gasteiger partial charge in [-0.3, -0.25) is 10.1 Å². The minimum absolute atomic E-state index is 0.132. The summed E-state index contributed by atoms with van der Waals surface area (Å²) in [6.45, 7) is 3.81. The molecule has 0 aliphatic rings. The van der Waals surface area contributed by atoms with E-state index in [9.17, 15) is 4.79 Å². The number of carbonyl (C=O) groups is 1. The predicted molar refractivity (Wildman–Crippen MR) is 116 cm³/mol. The van der Waals surface area contributed by atoms with E-state index in [4.69, 9.17) is 27.9 Å². The number of hydrogen-bond donors (Lipinski definition) is 1. The lowest BCUT2D eigenvalue weighted by molar-refractivity contribution is -0.118. The molecular weight excluding hydrogens is 431 g/mol. The van der Waals surface area contributed by atoms with E-state index in [1.807, 2.05) is 43.5 Å². The molecule has 0 atom stereocenters. The van der Waals surface area contributed by atoms with Crippen LogP contribution >= 0.6 is 34.5 Å². The van der Waals surface area contributed by atoms with Crippen molar-refractivity contribution in [1.82, 2.24) is 14.6 Å². The van der Waals surface area contributed by atoms with Crippen LogP contribution < -0.4 is 10.1 Å². The topological polar surface area (TPSA) is 68.5 Å². The third-order valence-corrected chi connectivity index (χ3v) is 5.59. The van der Waals surface area contributed by atoms with Crippen molar-refractivity contribution in [3.63, 3.8) is 0 Å². The van der Waals surface area contributed by atoms with Crippen molar-refractivity contribution in [2.75, 3.05) is 11.9 Å². The molecule has 148 valence electrons. The standard InChI is InChI=1S/C20H16Cl2N4O2S/c1-11-3-6-17(12(2)7-11)28-9-18(27)23-19-24-20-26(25-19)16(10-29-20)14-5-4-13(21)8-15(14)22/h3-8,10H,9H2,1-2H3,(H,23,25,27). The molecule has 0 spiro atoms. The summed E-state index contributed by atoms with van der Waals surface area (Å²) in [5, 5.41) is 10.0. The van der Waals surface area contributed by atoms with Gasteiger partial charge >= 0.3 is 0 Å². The second-order valence-corrected chi connectivity index (χ2v) is 8.16. The summed E-state index contributed by atoms with van der Waals surface area (Å²) in [5.41, 5.74) is 3.66. The van der Waals surface area contributed by atoms with E-state index in [-0.39, 0.29) is 18.5 Å². The van der Waals surface area contributed by atoms with E-state index >= 15 is 0 Å². The Hall–Kier alpha value is -2.61. The maximum Gasteiger partial charge on any atom is 0.264 e. The summed E-state index contributed by atoms with van der Waals surface area (Å²) in [4.78, 5) is 17.2. The van der Waals surface area contributed by atoms with Gasteiger partial charge in [-0.05, 0) is 43.7 Å². The van der Waals surface area contributed by atoms with Crippen molar-refractivity contribution < 1.29 is 9.53 Å². The van der Waals surface area contributed by atoms with Crippen LogP contribution in [0.3, 0.4) is 0 Å². The number of nitrogens with one attached hydrogen (secondary N) is 1. The smallest absolute Gasteiger partial charge is 0.264 e. The number of nitrogens with zero attached hydrogens (tertiary/aromatic N) is 3. The van der Waals surface area contributed by atoms with E-state index in [1.165, 1.54) is 11.3 Å². The van der Waals surface area contributed by atoms with Crippen LogP contribution in [0.25, 0.3) is 16.2 Å². The number of carbonyl (C=O) groups excluding carboxylic acids is 1. The van der Waals surface area contributed by atoms with Crippen LogP contribution in [0.15, 0.2) is 41.8 Å². The predicted octanol–water partition coefficient (Wildman–Crippen LogP) is 5.40. The van der Waals surface area contributed by atoms with Crippen molar-refractivity contribution >= 4 is 51.4 Å². The maximum absolute atomic E-state index is 12.3. The summed E-state index contributed by atoms with van der Waals surface area (Å²) in [6, 6.07) is 11.0. The fourth-order valence-electron chi connectivity index (χ4n) is 2.88. The Kier molecular flexibility index (Phi) is 5.45. The summed E-state index contributed by atoms with van der Waals surface area (Å²) in [6.07, 6.45) is 0. The van der Waals surface area contributed by atoms with E-state index in [2.05, 4.69) is 15.4 Å². The minimum Gasteiger partial charge on any atom is -0.483 e. The first-order valence-corrected chi connectivity index (χ1v) is 10.3. The molecule has 1 amide bonds. The Morgan fingerprint density at radius 2 is 2.03 bits per heavy atom. The molecule has 0 unspecified atom stereocenters. The largest absolute Gasteiger partial charge is 0.483 e. The molecule has 0 aliphatic heterocycles. The zero-order valence-electron chi connectivity index (χ0n) is 15.6. The Labute approximate surface area is 181 Å². The molecule has 0 saturated carbocycles. The van der Waals surface area contributed by atoms with Gasteiger partial charge in [-0.15, -0.1) is 16.4 Å². The van der Waals surface area contributed by atoms with Crippen molar-refractivity contribution in [1.29, 1.82) is 0 Å². The summed E-state index contributed by atoms with van der Waals surface area (Å²) in [7, 11) is 0. The lowest BCUT2D eigenvalue weighted by Gasteiger charge is -2.09. The lowest BCUT2D eigenvalue weighted by Crippen LogP contribution is -2.21. The number of hydrogen-bond acceptors (Lipinski definition) is 5. The summed E-state index contributed by atoms with van der Waals surface area (Å²) in [5.74, 6) is 0.538. The molecular formula is C20H16Cl2N4O2S. The van der Waals surface area contributed by atoms with Gasteiger partial charge in [0.1, 0.15) is 5.75 Å². The summed E-state index contributed by atoms with van der Waals surface area (Å²) >= 11 is 13.7. The second kappa shape index (κ2) is 8.02. The Bertz CT molecular complexity index is 1220. The van der Waals surface area contributed by atoms with Gasteiger partial charge in [-0.1, -0.05) is 40.9 Å². The SMILES string of the molecule is Cc1ccc(OCC(=O)Nc2nc3scc(-c4ccc(Cl)cc4Cl)n3n2)c(C)c1. The Balaban J connectivity index is 1.49. The van der Waals surface area contributed by atoms with Crippen LogP contribution in [0.1, 0.15) is 11.1 Å². The molecule has 1 N–H and O–H groups in total. The van der Waals surface area contributed by atoms with Gasteiger partial charge in [-0.2, -0.15) is 4.98 Å². The van der Waals surface area contributed by atoms with Gasteiger partial charge < -0.3 is 4.74 Å². The zero-order chi connectivity index (χ0) is 20.5. The van der Waals surface area contributed by atoms with Crippen LogP contribution in [-0.4, -0.2) is 27.1 Å². The first-order valence-electron chi connectivity index (χ1n) is 8.70. The van der Waals surface area contributed by atoms with Crippen LogP contribution in [-0.2, 0) is 4.79 Å². The van der Waals surface area contributed by atoms with Gasteiger partial charge in [0.2, 0.25) is 4.96 Å². The molecule has 2 aromatic heterocycles. The second-order valence-electron chi connectivity index (χ2n) is 6.48. The number of aryl methyl sites for hydroxylation is 2. The van der Waals surface area contributed by atoms with Crippen molar-refractivity contribution in [3.05, 3.63) is 63.0 Å². The first kappa shape index (κ1) is 19.7. The molecule has 29 heavy (non-hydrogen) atoms. The highest BCUT2D eigenvalue weighted by Gasteiger charge is 2.16. The first-order chi connectivity index (χ1) is 13.9. The van der Waals surface area contributed by atoms with Crippen LogP contribution in [0.5, 0.6) is 5.75 Å². The third-order valence-electron chi connectivity index (χ3n) is 4.23. The number of thiazole rings is 1. The number of aromatic nitrogens is 3. The quantitative estimate of drug-likeness (QED) is 0.445. The fraction of sp³-hybridized carbons (Fsp3) is 0.150. The normalized spacial score (nSPS) is 11.0. The van der Waals surface area contributed by atoms with E-state index in [1.54, 1.807) is 16.6 Å². The zero-order valence-corrected chi connectivity index (χ0v) is 17.9. The van der Waals surface area contributed by atoms with Crippen molar-refractivity contribution in [2.24, 2.45) is 0 Å². The van der Waals surface area contributed by atoms with Gasteiger partial charge in [-0.25, -0.2) is 4.52 Å². The van der Waals surface area contributed by atoms with Gasteiger partial charge in [0.15, 0.2) is 6.61 Å². The van der Waals surface area contributed by atoms with Crippen LogP contribution in [0.4, 0.5) is 5.95 Å². The third kappa shape index (κ3) is 4.22. The highest BCUT2D eigenvalue weighted by molar-refractivity contribution is 7.15. The van der Waals surface area contributed by atoms with E-state index in [0.717, 1.165) is 22.4 Å². The number of halogens is 2. The number of anilines is 1. The fourth-order valence-corrected chi connectivity index (χ4v) is 4.21. The van der Waals surface area contributed by atoms with E-state index in [0.29, 0.717) is 20.8 Å². The molecule has 2 aromatic carbocycles. The van der Waals surface area contributed by atoms with Gasteiger partial charge in [0, 0.05) is 16.0 Å². The molecule has 0 radical (unpaired) electrons. The maximum atomic E-state index is 12.3. The van der Waals surface area contributed by atoms with Crippen LogP contribution in [0, 0.1) is 13.8 Å². The minimum atomic E-state index is -0.339. The average molecular weight is 447 g/mol. The number of fused-ring (bicyclic) bond motifs is 1. The highest BCUT2D eigenvalue weighted by Crippen LogP contribution is 2.33. The number of rotatable bonds is 5. The molecule has 2 heterocycles. The molecule has 0 aliphatic carbocycles. The Morgan fingerprint density at radius 3 is 2.79 bits per heavy atom. The van der Waals surface area contributed by atoms with Crippen molar-refractivity contribution in [3.8, 4) is 17.0 Å². The van der Waals surface area contributed by atoms with Crippen LogP contribution in [0.2, 0.25) is 10.0 Å². The molecule has 6 nitrogen and oxygen atoms in total. The van der Waals surface area contributed by atoms with Gasteiger partial charge in [0.05, 0.1) is 10.7 Å².